The molecule has 0 atom stereocenters. The maximum Gasteiger partial charge on any atom is 0.200 e. The number of benzene rings is 1. The van der Waals surface area contributed by atoms with E-state index < -0.39 is 34.6 Å². The van der Waals surface area contributed by atoms with Gasteiger partial charge in [-0.15, -0.1) is 0 Å². The Labute approximate surface area is 121 Å². The molecule has 118 valence electrons. The second-order valence-electron chi connectivity index (χ2n) is 4.93. The molecule has 0 radical (unpaired) electrons. The Kier molecular flexibility index (Phi) is 7.40. The smallest absolute Gasteiger partial charge is 0.200 e. The van der Waals surface area contributed by atoms with Crippen LogP contribution in [-0.2, 0) is 6.42 Å². The molecule has 5 heteroatoms. The Bertz CT molecular complexity index is 465. The van der Waals surface area contributed by atoms with Crippen molar-refractivity contribution in [2.24, 2.45) is 0 Å². The summed E-state index contributed by atoms with van der Waals surface area (Å²) in [6.45, 7) is 2.12. The third-order valence-electron chi connectivity index (χ3n) is 3.26. The van der Waals surface area contributed by atoms with Crippen molar-refractivity contribution in [1.29, 1.82) is 0 Å². The van der Waals surface area contributed by atoms with E-state index in [2.05, 4.69) is 6.92 Å². The molecule has 0 amide bonds. The zero-order valence-electron chi connectivity index (χ0n) is 12.0. The third kappa shape index (κ3) is 4.83. The van der Waals surface area contributed by atoms with Crippen molar-refractivity contribution in [2.45, 2.75) is 51.9 Å². The molecular formula is C16H19F5. The fourth-order valence-corrected chi connectivity index (χ4v) is 2.01. The van der Waals surface area contributed by atoms with Crippen molar-refractivity contribution < 1.29 is 22.0 Å². The average molecular weight is 306 g/mol. The maximum atomic E-state index is 13.4. The first-order chi connectivity index (χ1) is 10.0. The molecule has 0 heterocycles. The molecule has 1 aromatic carbocycles. The average Bonchev–Trinajstić information content (AvgIpc) is 2.49. The number of hydrogen-bond donors (Lipinski definition) is 0. The molecule has 21 heavy (non-hydrogen) atoms. The van der Waals surface area contributed by atoms with Gasteiger partial charge in [-0.1, -0.05) is 44.8 Å². The van der Waals surface area contributed by atoms with E-state index >= 15 is 0 Å². The van der Waals surface area contributed by atoms with Crippen molar-refractivity contribution in [1.82, 2.24) is 0 Å². The summed E-state index contributed by atoms with van der Waals surface area (Å²) in [7, 11) is 0. The highest BCUT2D eigenvalue weighted by atomic mass is 19.2. The lowest BCUT2D eigenvalue weighted by atomic mass is 10.1. The van der Waals surface area contributed by atoms with E-state index in [0.717, 1.165) is 32.1 Å². The fraction of sp³-hybridized carbons (Fsp3) is 0.500. The van der Waals surface area contributed by atoms with Gasteiger partial charge in [-0.2, -0.15) is 0 Å². The Balaban J connectivity index is 2.56. The van der Waals surface area contributed by atoms with Crippen LogP contribution in [0.3, 0.4) is 0 Å². The first kappa shape index (κ1) is 17.7. The number of rotatable bonds is 8. The zero-order valence-corrected chi connectivity index (χ0v) is 12.0. The first-order valence-corrected chi connectivity index (χ1v) is 7.16. The molecule has 1 aromatic rings. The van der Waals surface area contributed by atoms with E-state index in [1.54, 1.807) is 6.08 Å². The van der Waals surface area contributed by atoms with E-state index in [-0.39, 0.29) is 6.42 Å². The zero-order chi connectivity index (χ0) is 15.8. The Hall–Kier alpha value is -1.39. The van der Waals surface area contributed by atoms with Crippen molar-refractivity contribution in [3.8, 4) is 0 Å². The van der Waals surface area contributed by atoms with Crippen LogP contribution in [-0.4, -0.2) is 0 Å². The Morgan fingerprint density at radius 2 is 1.19 bits per heavy atom. The minimum absolute atomic E-state index is 0.305. The highest BCUT2D eigenvalue weighted by Crippen LogP contribution is 2.23. The topological polar surface area (TPSA) is 0 Å². The minimum Gasteiger partial charge on any atom is -0.203 e. The molecule has 0 nitrogen and oxygen atoms in total. The Morgan fingerprint density at radius 1 is 0.667 bits per heavy atom. The highest BCUT2D eigenvalue weighted by Gasteiger charge is 2.24. The minimum atomic E-state index is -2.12. The van der Waals surface area contributed by atoms with E-state index in [9.17, 15) is 22.0 Å². The van der Waals surface area contributed by atoms with Crippen LogP contribution in [0.5, 0.6) is 0 Å². The van der Waals surface area contributed by atoms with Crippen molar-refractivity contribution in [2.75, 3.05) is 0 Å². The molecule has 0 aliphatic carbocycles. The standard InChI is InChI=1S/C16H19F5/c1-2-3-4-5-6-7-8-9-10-11-12(17)14(19)16(21)15(20)13(11)18/h8-9H,2-7,10H2,1H3/b9-8+. The van der Waals surface area contributed by atoms with Crippen LogP contribution in [0.4, 0.5) is 22.0 Å². The van der Waals surface area contributed by atoms with Gasteiger partial charge in [0.1, 0.15) is 0 Å². The lowest BCUT2D eigenvalue weighted by Crippen LogP contribution is -2.06. The summed E-state index contributed by atoms with van der Waals surface area (Å²) in [5, 5.41) is 0. The maximum absolute atomic E-state index is 13.4. The summed E-state index contributed by atoms with van der Waals surface area (Å²) in [4.78, 5) is 0. The van der Waals surface area contributed by atoms with Crippen molar-refractivity contribution >= 4 is 0 Å². The van der Waals surface area contributed by atoms with Crippen LogP contribution in [0, 0.1) is 29.1 Å². The molecular weight excluding hydrogens is 287 g/mol. The monoisotopic (exact) mass is 306 g/mol. The molecule has 0 fully saturated rings. The SMILES string of the molecule is CCCCCCC/C=C/Cc1c(F)c(F)c(F)c(F)c1F. The summed E-state index contributed by atoms with van der Waals surface area (Å²) in [6.07, 6.45) is 9.07. The van der Waals surface area contributed by atoms with Crippen molar-refractivity contribution in [3.05, 3.63) is 46.8 Å². The van der Waals surface area contributed by atoms with E-state index in [4.69, 9.17) is 0 Å². The molecule has 0 aliphatic rings. The number of allylic oxidation sites excluding steroid dienone is 2. The van der Waals surface area contributed by atoms with E-state index in [1.165, 1.54) is 12.5 Å². The lowest BCUT2D eigenvalue weighted by molar-refractivity contribution is 0.371. The summed E-state index contributed by atoms with van der Waals surface area (Å²) < 4.78 is 65.5. The van der Waals surface area contributed by atoms with Gasteiger partial charge in [0.25, 0.3) is 0 Å². The van der Waals surface area contributed by atoms with Crippen LogP contribution in [0.1, 0.15) is 51.0 Å². The molecule has 0 aromatic heterocycles. The van der Waals surface area contributed by atoms with E-state index in [0.29, 0.717) is 0 Å². The van der Waals surface area contributed by atoms with Crippen molar-refractivity contribution in [3.63, 3.8) is 0 Å². The second kappa shape index (κ2) is 8.80. The molecule has 0 saturated heterocycles. The van der Waals surface area contributed by atoms with Gasteiger partial charge in [-0.3, -0.25) is 0 Å². The van der Waals surface area contributed by atoms with Crippen LogP contribution in [0.25, 0.3) is 0 Å². The summed E-state index contributed by atoms with van der Waals surface area (Å²) in [5.41, 5.74) is -0.784. The summed E-state index contributed by atoms with van der Waals surface area (Å²) >= 11 is 0. The predicted octanol–water partition coefficient (Wildman–Crippen LogP) is 5.84. The van der Waals surface area contributed by atoms with Gasteiger partial charge in [-0.05, 0) is 19.3 Å². The van der Waals surface area contributed by atoms with E-state index in [1.807, 2.05) is 0 Å². The van der Waals surface area contributed by atoms with Gasteiger partial charge in [0.15, 0.2) is 23.3 Å². The van der Waals surface area contributed by atoms with Gasteiger partial charge < -0.3 is 0 Å². The number of unbranched alkanes of at least 4 members (excludes halogenated alkanes) is 5. The van der Waals surface area contributed by atoms with Crippen LogP contribution in [0.15, 0.2) is 12.2 Å². The molecule has 0 unspecified atom stereocenters. The molecule has 0 aliphatic heterocycles. The molecule has 0 bridgehead atoms. The van der Waals surface area contributed by atoms with Gasteiger partial charge >= 0.3 is 0 Å². The Morgan fingerprint density at radius 3 is 1.76 bits per heavy atom. The second-order valence-corrected chi connectivity index (χ2v) is 4.93. The van der Waals surface area contributed by atoms with Gasteiger partial charge in [0.05, 0.1) is 0 Å². The first-order valence-electron chi connectivity index (χ1n) is 7.16. The predicted molar refractivity (Wildman–Crippen MR) is 72.5 cm³/mol. The van der Waals surface area contributed by atoms with Crippen LogP contribution in [0.2, 0.25) is 0 Å². The number of hydrogen-bond acceptors (Lipinski definition) is 0. The normalized spacial score (nSPS) is 11.5. The van der Waals surface area contributed by atoms with Gasteiger partial charge in [-0.25, -0.2) is 22.0 Å². The lowest BCUT2D eigenvalue weighted by Gasteiger charge is -2.05. The molecule has 0 N–H and O–H groups in total. The van der Waals surface area contributed by atoms with Crippen LogP contribution >= 0.6 is 0 Å². The highest BCUT2D eigenvalue weighted by molar-refractivity contribution is 5.25. The number of halogens is 5. The fourth-order valence-electron chi connectivity index (χ4n) is 2.01. The quantitative estimate of drug-likeness (QED) is 0.186. The summed E-state index contributed by atoms with van der Waals surface area (Å²) in [6, 6.07) is 0. The van der Waals surface area contributed by atoms with Gasteiger partial charge in [0, 0.05) is 5.56 Å². The largest absolute Gasteiger partial charge is 0.203 e. The summed E-state index contributed by atoms with van der Waals surface area (Å²) in [5.74, 6) is -9.40. The van der Waals surface area contributed by atoms with Crippen LogP contribution < -0.4 is 0 Å². The van der Waals surface area contributed by atoms with Gasteiger partial charge in [0.2, 0.25) is 5.82 Å². The molecule has 0 saturated carbocycles. The third-order valence-corrected chi connectivity index (χ3v) is 3.26. The molecule has 1 rings (SSSR count). The molecule has 0 spiro atoms.